The molecule has 1 aliphatic heterocycles. The van der Waals surface area contributed by atoms with E-state index in [-0.39, 0.29) is 6.61 Å². The minimum atomic E-state index is -4.67. The third-order valence-corrected chi connectivity index (χ3v) is 5.65. The third-order valence-electron chi connectivity index (χ3n) is 5.65. The van der Waals surface area contributed by atoms with Crippen molar-refractivity contribution in [3.63, 3.8) is 0 Å². The van der Waals surface area contributed by atoms with Crippen LogP contribution in [0.5, 0.6) is 11.5 Å². The molecule has 0 spiro atoms. The number of piperazine rings is 1. The number of pyridine rings is 1. The van der Waals surface area contributed by atoms with Crippen molar-refractivity contribution in [1.29, 1.82) is 0 Å². The summed E-state index contributed by atoms with van der Waals surface area (Å²) in [6.45, 7) is 3.19. The average Bonchev–Trinajstić information content (AvgIpc) is 2.82. The molecule has 0 radical (unpaired) electrons. The molecule has 1 N–H and O–H groups in total. The molecule has 0 amide bonds. The number of benzene rings is 2. The maximum Gasteiger partial charge on any atom is 0.522 e. The number of anilines is 3. The summed E-state index contributed by atoms with van der Waals surface area (Å²) in [7, 11) is 3.65. The first-order chi connectivity index (χ1) is 16.3. The molecule has 10 heteroatoms. The third kappa shape index (κ3) is 6.00. The van der Waals surface area contributed by atoms with Gasteiger partial charge in [0.25, 0.3) is 0 Å². The Morgan fingerprint density at radius 2 is 1.76 bits per heavy atom. The summed E-state index contributed by atoms with van der Waals surface area (Å²) in [4.78, 5) is 9.23. The van der Waals surface area contributed by atoms with Crippen LogP contribution < -0.4 is 19.7 Å². The lowest BCUT2D eigenvalue weighted by Crippen LogP contribution is -2.44. The topological polar surface area (TPSA) is 59.1 Å². The van der Waals surface area contributed by atoms with Gasteiger partial charge in [-0.05, 0) is 43.4 Å². The van der Waals surface area contributed by atoms with E-state index in [0.29, 0.717) is 17.2 Å². The first-order valence-corrected chi connectivity index (χ1v) is 10.9. The minimum Gasteiger partial charge on any atom is -0.494 e. The summed E-state index contributed by atoms with van der Waals surface area (Å²) in [5, 5.41) is 4.34. The fraction of sp³-hybridized carbons (Fsp3) is 0.375. The number of aromatic nitrogens is 1. The molecule has 2 aromatic carbocycles. The van der Waals surface area contributed by atoms with Crippen LogP contribution in [0.4, 0.5) is 30.2 Å². The summed E-state index contributed by atoms with van der Waals surface area (Å²) in [5.74, 6) is 0.873. The highest BCUT2D eigenvalue weighted by Gasteiger charge is 2.28. The van der Waals surface area contributed by atoms with Crippen LogP contribution in [0.3, 0.4) is 0 Å². The van der Waals surface area contributed by atoms with Crippen molar-refractivity contribution in [1.82, 2.24) is 9.88 Å². The minimum absolute atomic E-state index is 0.236. The smallest absolute Gasteiger partial charge is 0.494 e. The number of hydrogen-bond acceptors (Lipinski definition) is 7. The van der Waals surface area contributed by atoms with Gasteiger partial charge < -0.3 is 24.6 Å². The molecule has 34 heavy (non-hydrogen) atoms. The number of nitrogens with one attached hydrogen (secondary N) is 1. The standard InChI is InChI=1S/C24H27F3N4O3/c1-30-9-11-31(12-10-30)17-3-5-19-20(7-8-28-22(19)15-17)29-21-6-4-18(16-23(21)32-2)33-13-14-34-24(25,26)27/h3-8,15-16H,9-14H2,1-2H3,(H,28,29). The highest BCUT2D eigenvalue weighted by atomic mass is 19.4. The van der Waals surface area contributed by atoms with Crippen LogP contribution in [0.25, 0.3) is 10.9 Å². The zero-order valence-corrected chi connectivity index (χ0v) is 19.1. The van der Waals surface area contributed by atoms with Gasteiger partial charge in [0.2, 0.25) is 0 Å². The van der Waals surface area contributed by atoms with Crippen molar-refractivity contribution in [3.8, 4) is 11.5 Å². The van der Waals surface area contributed by atoms with Crippen LogP contribution in [0.2, 0.25) is 0 Å². The molecule has 7 nitrogen and oxygen atoms in total. The molecule has 1 aromatic heterocycles. The van der Waals surface area contributed by atoms with Crippen LogP contribution >= 0.6 is 0 Å². The molecule has 0 saturated carbocycles. The molecule has 0 aliphatic carbocycles. The lowest BCUT2D eigenvalue weighted by molar-refractivity contribution is -0.325. The summed E-state index contributed by atoms with van der Waals surface area (Å²) in [6, 6.07) is 13.2. The fourth-order valence-corrected chi connectivity index (χ4v) is 3.83. The Labute approximate surface area is 196 Å². The van der Waals surface area contributed by atoms with Crippen molar-refractivity contribution >= 4 is 28.0 Å². The van der Waals surface area contributed by atoms with E-state index >= 15 is 0 Å². The normalized spacial score (nSPS) is 14.9. The predicted octanol–water partition coefficient (Wildman–Crippen LogP) is 4.65. The van der Waals surface area contributed by atoms with Gasteiger partial charge in [-0.2, -0.15) is 0 Å². The van der Waals surface area contributed by atoms with Crippen LogP contribution in [0.15, 0.2) is 48.7 Å². The van der Waals surface area contributed by atoms with Gasteiger partial charge in [-0.15, -0.1) is 13.2 Å². The number of fused-ring (bicyclic) bond motifs is 1. The molecule has 0 atom stereocenters. The summed E-state index contributed by atoms with van der Waals surface area (Å²) < 4.78 is 50.8. The van der Waals surface area contributed by atoms with Crippen LogP contribution in [0, 0.1) is 0 Å². The Morgan fingerprint density at radius 3 is 2.50 bits per heavy atom. The van der Waals surface area contributed by atoms with Crippen molar-refractivity contribution in [2.75, 3.05) is 63.8 Å². The van der Waals surface area contributed by atoms with Crippen molar-refractivity contribution in [2.45, 2.75) is 6.36 Å². The van der Waals surface area contributed by atoms with Crippen LogP contribution in [-0.4, -0.2) is 69.8 Å². The second kappa shape index (κ2) is 10.4. The largest absolute Gasteiger partial charge is 0.522 e. The predicted molar refractivity (Wildman–Crippen MR) is 125 cm³/mol. The number of halogens is 3. The van der Waals surface area contributed by atoms with E-state index in [1.54, 1.807) is 24.4 Å². The first-order valence-electron chi connectivity index (χ1n) is 10.9. The van der Waals surface area contributed by atoms with E-state index in [0.717, 1.165) is 48.5 Å². The van der Waals surface area contributed by atoms with Gasteiger partial charge in [-0.3, -0.25) is 9.72 Å². The molecule has 4 rings (SSSR count). The van der Waals surface area contributed by atoms with Gasteiger partial charge in [0.05, 0.1) is 24.9 Å². The lowest BCUT2D eigenvalue weighted by atomic mass is 10.1. The monoisotopic (exact) mass is 476 g/mol. The van der Waals surface area contributed by atoms with Crippen molar-refractivity contribution in [2.24, 2.45) is 0 Å². The van der Waals surface area contributed by atoms with Gasteiger partial charge in [-0.25, -0.2) is 0 Å². The molecular weight excluding hydrogens is 449 g/mol. The summed E-state index contributed by atoms with van der Waals surface area (Å²) in [6.07, 6.45) is -2.92. The van der Waals surface area contributed by atoms with Gasteiger partial charge in [-0.1, -0.05) is 0 Å². The molecule has 0 unspecified atom stereocenters. The molecule has 182 valence electrons. The summed E-state index contributed by atoms with van der Waals surface area (Å²) in [5.41, 5.74) is 3.58. The Kier molecular flexibility index (Phi) is 7.28. The van der Waals surface area contributed by atoms with E-state index in [1.165, 1.54) is 7.11 Å². The Bertz CT molecular complexity index is 1120. The number of ether oxygens (including phenoxy) is 3. The number of alkyl halides is 3. The molecule has 1 fully saturated rings. The van der Waals surface area contributed by atoms with Gasteiger partial charge in [0, 0.05) is 55.2 Å². The van der Waals surface area contributed by atoms with Gasteiger partial charge >= 0.3 is 6.36 Å². The zero-order chi connectivity index (χ0) is 24.1. The van der Waals surface area contributed by atoms with E-state index in [1.807, 2.05) is 6.07 Å². The molecule has 2 heterocycles. The Morgan fingerprint density at radius 1 is 0.971 bits per heavy atom. The molecular formula is C24H27F3N4O3. The first kappa shape index (κ1) is 23.9. The number of nitrogens with zero attached hydrogens (tertiary/aromatic N) is 3. The maximum atomic E-state index is 12.1. The van der Waals surface area contributed by atoms with E-state index in [2.05, 4.69) is 50.1 Å². The Balaban J connectivity index is 1.48. The number of methoxy groups -OCH3 is 1. The molecule has 3 aromatic rings. The van der Waals surface area contributed by atoms with E-state index < -0.39 is 13.0 Å². The number of likely N-dealkylation sites (N-methyl/N-ethyl adjacent to an activating group) is 1. The SMILES string of the molecule is COc1cc(OCCOC(F)(F)F)ccc1Nc1ccnc2cc(N3CCN(C)CC3)ccc12. The fourth-order valence-electron chi connectivity index (χ4n) is 3.83. The van der Waals surface area contributed by atoms with Crippen molar-refractivity contribution in [3.05, 3.63) is 48.7 Å². The number of hydrogen-bond donors (Lipinski definition) is 1. The van der Waals surface area contributed by atoms with Crippen molar-refractivity contribution < 1.29 is 27.4 Å². The maximum absolute atomic E-state index is 12.1. The molecule has 0 bridgehead atoms. The van der Waals surface area contributed by atoms with Crippen LogP contribution in [-0.2, 0) is 4.74 Å². The quantitative estimate of drug-likeness (QED) is 0.475. The number of rotatable bonds is 8. The van der Waals surface area contributed by atoms with Crippen LogP contribution in [0.1, 0.15) is 0 Å². The Hall–Kier alpha value is -3.24. The zero-order valence-electron chi connectivity index (χ0n) is 19.1. The highest BCUT2D eigenvalue weighted by molar-refractivity contribution is 5.95. The lowest BCUT2D eigenvalue weighted by Gasteiger charge is -2.34. The second-order valence-electron chi connectivity index (χ2n) is 7.98. The van der Waals surface area contributed by atoms with E-state index in [4.69, 9.17) is 9.47 Å². The van der Waals surface area contributed by atoms with E-state index in [9.17, 15) is 13.2 Å². The molecule has 1 saturated heterocycles. The highest BCUT2D eigenvalue weighted by Crippen LogP contribution is 2.34. The summed E-state index contributed by atoms with van der Waals surface area (Å²) >= 11 is 0. The molecule has 1 aliphatic rings. The average molecular weight is 476 g/mol. The van der Waals surface area contributed by atoms with Gasteiger partial charge in [0.1, 0.15) is 18.1 Å². The second-order valence-corrected chi connectivity index (χ2v) is 7.98. The van der Waals surface area contributed by atoms with Gasteiger partial charge in [0.15, 0.2) is 0 Å².